The third kappa shape index (κ3) is 7.13. The summed E-state index contributed by atoms with van der Waals surface area (Å²) in [6, 6.07) is 5.29. The summed E-state index contributed by atoms with van der Waals surface area (Å²) in [4.78, 5) is 18.9. The van der Waals surface area contributed by atoms with Crippen LogP contribution in [-0.2, 0) is 38.2 Å². The number of imidazole rings is 1. The second kappa shape index (κ2) is 10.6. The van der Waals surface area contributed by atoms with Crippen LogP contribution in [0.2, 0.25) is 0 Å². The van der Waals surface area contributed by atoms with E-state index in [0.29, 0.717) is 24.3 Å². The highest BCUT2D eigenvalue weighted by atomic mass is 32.2. The number of hydrogen-bond donors (Lipinski definition) is 0. The van der Waals surface area contributed by atoms with E-state index in [-0.39, 0.29) is 41.4 Å². The highest BCUT2D eigenvalue weighted by molar-refractivity contribution is 7.90. The Balaban J connectivity index is 2.37. The average Bonchev–Trinajstić information content (AvgIpc) is 3.07. The minimum atomic E-state index is -3.80. The van der Waals surface area contributed by atoms with Crippen LogP contribution < -0.4 is 0 Å². The quantitative estimate of drug-likeness (QED) is 0.531. The van der Waals surface area contributed by atoms with E-state index in [2.05, 4.69) is 4.98 Å². The van der Waals surface area contributed by atoms with Crippen LogP contribution in [0.1, 0.15) is 52.3 Å². The summed E-state index contributed by atoms with van der Waals surface area (Å²) in [5.41, 5.74) is 0.929. The van der Waals surface area contributed by atoms with Crippen LogP contribution in [-0.4, -0.2) is 48.5 Å². The van der Waals surface area contributed by atoms with E-state index < -0.39 is 15.7 Å². The summed E-state index contributed by atoms with van der Waals surface area (Å²) in [7, 11) is -2.26. The maximum absolute atomic E-state index is 13.2. The van der Waals surface area contributed by atoms with Gasteiger partial charge >= 0.3 is 0 Å². The Kier molecular flexibility index (Phi) is 8.59. The standard InChI is InChI=1S/C23H34FN3O4S/c1-17(2)27(21(28)13-23(3,4)5)15-20-14-25-22(26(20)11-12-31-6)32(29,30)16-18-7-9-19(24)10-8-18/h7-10,14,17H,11-13,15-16H2,1-6H3. The summed E-state index contributed by atoms with van der Waals surface area (Å²) in [5, 5.41) is -0.0825. The third-order valence-corrected chi connectivity index (χ3v) is 6.52. The van der Waals surface area contributed by atoms with Gasteiger partial charge in [-0.05, 0) is 37.0 Å². The number of ether oxygens (including phenoxy) is 1. The molecule has 1 amide bonds. The van der Waals surface area contributed by atoms with Crippen molar-refractivity contribution in [2.24, 2.45) is 5.41 Å². The first-order valence-corrected chi connectivity index (χ1v) is 12.3. The lowest BCUT2D eigenvalue weighted by molar-refractivity contribution is -0.135. The van der Waals surface area contributed by atoms with Gasteiger partial charge in [-0.15, -0.1) is 0 Å². The molecule has 0 fully saturated rings. The minimum absolute atomic E-state index is 0.00251. The van der Waals surface area contributed by atoms with Gasteiger partial charge in [0, 0.05) is 26.1 Å². The van der Waals surface area contributed by atoms with Gasteiger partial charge in [0.15, 0.2) is 0 Å². The fourth-order valence-corrected chi connectivity index (χ4v) is 4.86. The summed E-state index contributed by atoms with van der Waals surface area (Å²) in [6.07, 6.45) is 1.89. The molecule has 2 aromatic rings. The zero-order valence-electron chi connectivity index (χ0n) is 19.8. The maximum Gasteiger partial charge on any atom is 0.228 e. The molecule has 0 saturated carbocycles. The van der Waals surface area contributed by atoms with Gasteiger partial charge in [-0.25, -0.2) is 17.8 Å². The number of benzene rings is 1. The van der Waals surface area contributed by atoms with E-state index in [1.54, 1.807) is 9.47 Å². The Bertz CT molecular complexity index is 1010. The van der Waals surface area contributed by atoms with E-state index in [9.17, 15) is 17.6 Å². The number of amides is 1. The second-order valence-corrected chi connectivity index (χ2v) is 11.3. The van der Waals surface area contributed by atoms with Crippen LogP contribution in [0, 0.1) is 11.2 Å². The van der Waals surface area contributed by atoms with Gasteiger partial charge in [-0.1, -0.05) is 32.9 Å². The number of carbonyl (C=O) groups is 1. The lowest BCUT2D eigenvalue weighted by atomic mass is 9.91. The van der Waals surface area contributed by atoms with Gasteiger partial charge in [-0.3, -0.25) is 4.79 Å². The number of methoxy groups -OCH3 is 1. The SMILES string of the molecule is COCCn1c(CN(C(=O)CC(C)(C)C)C(C)C)cnc1S(=O)(=O)Cc1ccc(F)cc1. The molecule has 7 nitrogen and oxygen atoms in total. The number of rotatable bonds is 10. The first-order valence-electron chi connectivity index (χ1n) is 10.6. The van der Waals surface area contributed by atoms with Gasteiger partial charge in [0.05, 0.1) is 30.8 Å². The van der Waals surface area contributed by atoms with Gasteiger partial charge in [0.2, 0.25) is 20.9 Å². The third-order valence-electron chi connectivity index (χ3n) is 4.93. The van der Waals surface area contributed by atoms with Crippen LogP contribution >= 0.6 is 0 Å². The molecule has 0 spiro atoms. The number of carbonyl (C=O) groups excluding carboxylic acids is 1. The number of halogens is 1. The normalized spacial score (nSPS) is 12.4. The predicted molar refractivity (Wildman–Crippen MR) is 121 cm³/mol. The van der Waals surface area contributed by atoms with E-state index in [0.717, 1.165) is 0 Å². The average molecular weight is 468 g/mol. The van der Waals surface area contributed by atoms with Crippen molar-refractivity contribution in [1.82, 2.24) is 14.5 Å². The Morgan fingerprint density at radius 3 is 2.38 bits per heavy atom. The molecule has 1 aromatic carbocycles. The molecular weight excluding hydrogens is 433 g/mol. The van der Waals surface area contributed by atoms with E-state index in [1.165, 1.54) is 37.6 Å². The highest BCUT2D eigenvalue weighted by Gasteiger charge is 2.28. The first-order chi connectivity index (χ1) is 14.8. The molecule has 0 saturated heterocycles. The Morgan fingerprint density at radius 1 is 1.22 bits per heavy atom. The van der Waals surface area contributed by atoms with Crippen molar-refractivity contribution in [2.75, 3.05) is 13.7 Å². The van der Waals surface area contributed by atoms with Crippen LogP contribution in [0.5, 0.6) is 0 Å². The molecule has 0 radical (unpaired) electrons. The van der Waals surface area contributed by atoms with Gasteiger partial charge in [0.1, 0.15) is 5.82 Å². The number of nitrogens with zero attached hydrogens (tertiary/aromatic N) is 3. The van der Waals surface area contributed by atoms with E-state index >= 15 is 0 Å². The van der Waals surface area contributed by atoms with Crippen molar-refractivity contribution in [1.29, 1.82) is 0 Å². The number of sulfone groups is 1. The molecule has 1 heterocycles. The van der Waals surface area contributed by atoms with Gasteiger partial charge in [-0.2, -0.15) is 0 Å². The highest BCUT2D eigenvalue weighted by Crippen LogP contribution is 2.23. The van der Waals surface area contributed by atoms with Crippen molar-refractivity contribution in [3.8, 4) is 0 Å². The van der Waals surface area contributed by atoms with E-state index in [4.69, 9.17) is 4.74 Å². The summed E-state index contributed by atoms with van der Waals surface area (Å²) < 4.78 is 46.2. The Labute approximate surface area is 190 Å². The lowest BCUT2D eigenvalue weighted by Gasteiger charge is -2.30. The van der Waals surface area contributed by atoms with Gasteiger partial charge in [0.25, 0.3) is 0 Å². The zero-order valence-corrected chi connectivity index (χ0v) is 20.6. The molecule has 1 aromatic heterocycles. The molecule has 0 bridgehead atoms. The topological polar surface area (TPSA) is 81.5 Å². The summed E-state index contributed by atoms with van der Waals surface area (Å²) >= 11 is 0. The molecule has 2 rings (SSSR count). The van der Waals surface area contributed by atoms with Crippen molar-refractivity contribution < 1.29 is 22.3 Å². The molecule has 9 heteroatoms. The van der Waals surface area contributed by atoms with Crippen LogP contribution in [0.3, 0.4) is 0 Å². The molecule has 178 valence electrons. The van der Waals surface area contributed by atoms with Crippen molar-refractivity contribution >= 4 is 15.7 Å². The molecule has 0 unspecified atom stereocenters. The smallest absolute Gasteiger partial charge is 0.228 e. The molecular formula is C23H34FN3O4S. The van der Waals surface area contributed by atoms with Crippen molar-refractivity contribution in [3.63, 3.8) is 0 Å². The molecule has 32 heavy (non-hydrogen) atoms. The molecule has 0 aliphatic carbocycles. The molecule has 0 atom stereocenters. The lowest BCUT2D eigenvalue weighted by Crippen LogP contribution is -2.39. The minimum Gasteiger partial charge on any atom is -0.383 e. The Morgan fingerprint density at radius 2 is 1.84 bits per heavy atom. The predicted octanol–water partition coefficient (Wildman–Crippen LogP) is 3.82. The maximum atomic E-state index is 13.2. The van der Waals surface area contributed by atoms with Gasteiger partial charge < -0.3 is 14.2 Å². The molecule has 0 N–H and O–H groups in total. The van der Waals surface area contributed by atoms with Crippen molar-refractivity contribution in [3.05, 3.63) is 47.5 Å². The Hall–Kier alpha value is -2.26. The monoisotopic (exact) mass is 467 g/mol. The fourth-order valence-electron chi connectivity index (χ4n) is 3.34. The summed E-state index contributed by atoms with van der Waals surface area (Å²) in [6.45, 7) is 10.7. The van der Waals surface area contributed by atoms with Crippen LogP contribution in [0.15, 0.2) is 35.6 Å². The number of hydrogen-bond acceptors (Lipinski definition) is 5. The van der Waals surface area contributed by atoms with Crippen molar-refractivity contribution in [2.45, 2.75) is 71.1 Å². The zero-order chi connectivity index (χ0) is 24.1. The fraction of sp³-hybridized carbons (Fsp3) is 0.565. The number of aromatic nitrogens is 2. The largest absolute Gasteiger partial charge is 0.383 e. The molecule has 0 aliphatic heterocycles. The van der Waals surface area contributed by atoms with Crippen LogP contribution in [0.4, 0.5) is 4.39 Å². The van der Waals surface area contributed by atoms with Crippen LogP contribution in [0.25, 0.3) is 0 Å². The molecule has 0 aliphatic rings. The second-order valence-electron chi connectivity index (χ2n) is 9.41. The summed E-state index contributed by atoms with van der Waals surface area (Å²) in [5.74, 6) is -0.723. The first kappa shape index (κ1) is 26.0. The van der Waals surface area contributed by atoms with E-state index in [1.807, 2.05) is 34.6 Å².